The zero-order valence-corrected chi connectivity index (χ0v) is 9.40. The molecule has 1 rings (SSSR count). The Bertz CT molecular complexity index is 295. The van der Waals surface area contributed by atoms with Crippen LogP contribution in [-0.4, -0.2) is 13.9 Å². The molecule has 0 saturated carbocycles. The summed E-state index contributed by atoms with van der Waals surface area (Å²) in [5.41, 5.74) is 0.793. The molecule has 1 aromatic rings. The minimum absolute atomic E-state index is 0.291. The van der Waals surface area contributed by atoms with Gasteiger partial charge in [0.1, 0.15) is 6.79 Å². The van der Waals surface area contributed by atoms with Gasteiger partial charge in [0.05, 0.1) is 5.60 Å². The van der Waals surface area contributed by atoms with E-state index in [9.17, 15) is 0 Å². The third kappa shape index (κ3) is 3.18. The van der Waals surface area contributed by atoms with Gasteiger partial charge >= 0.3 is 0 Å². The van der Waals surface area contributed by atoms with Crippen molar-refractivity contribution >= 4 is 0 Å². The minimum atomic E-state index is -0.348. The Labute approximate surface area is 91.5 Å². The van der Waals surface area contributed by atoms with Crippen LogP contribution in [0.5, 0.6) is 0 Å². The average molecular weight is 206 g/mol. The van der Waals surface area contributed by atoms with Crippen molar-refractivity contribution in [1.29, 1.82) is 0 Å². The van der Waals surface area contributed by atoms with Gasteiger partial charge in [0, 0.05) is 7.11 Å². The van der Waals surface area contributed by atoms with Gasteiger partial charge in [0.15, 0.2) is 0 Å². The van der Waals surface area contributed by atoms with Crippen LogP contribution in [0.1, 0.15) is 18.9 Å². The SMILES string of the molecule is C=CCC(C)(OCOC)c1ccccc1. The monoisotopic (exact) mass is 206 g/mol. The fourth-order valence-electron chi connectivity index (χ4n) is 1.52. The molecule has 0 amide bonds. The molecule has 0 aliphatic rings. The number of hydrogen-bond acceptors (Lipinski definition) is 2. The zero-order chi connectivity index (χ0) is 11.1. The van der Waals surface area contributed by atoms with E-state index in [0.29, 0.717) is 6.79 Å². The first-order valence-electron chi connectivity index (χ1n) is 5.02. The van der Waals surface area contributed by atoms with Crippen molar-refractivity contribution in [3.63, 3.8) is 0 Å². The molecule has 0 spiro atoms. The maximum atomic E-state index is 5.71. The van der Waals surface area contributed by atoms with E-state index in [1.165, 1.54) is 0 Å². The predicted octanol–water partition coefficient (Wildman–Crippen LogP) is 3.10. The molecule has 15 heavy (non-hydrogen) atoms. The Hall–Kier alpha value is -1.12. The molecule has 0 radical (unpaired) electrons. The van der Waals surface area contributed by atoms with Gasteiger partial charge in [0.2, 0.25) is 0 Å². The van der Waals surface area contributed by atoms with Crippen molar-refractivity contribution in [2.45, 2.75) is 18.9 Å². The van der Waals surface area contributed by atoms with Gasteiger partial charge < -0.3 is 9.47 Å². The number of methoxy groups -OCH3 is 1. The lowest BCUT2D eigenvalue weighted by Gasteiger charge is -2.29. The molecule has 0 aromatic heterocycles. The van der Waals surface area contributed by atoms with Crippen LogP contribution < -0.4 is 0 Å². The van der Waals surface area contributed by atoms with E-state index in [2.05, 4.69) is 18.7 Å². The van der Waals surface area contributed by atoms with Gasteiger partial charge in [-0.1, -0.05) is 36.4 Å². The first kappa shape index (κ1) is 12.0. The molecule has 2 heteroatoms. The number of benzene rings is 1. The highest BCUT2D eigenvalue weighted by molar-refractivity contribution is 5.22. The number of ether oxygens (including phenoxy) is 2. The Morgan fingerprint density at radius 1 is 1.33 bits per heavy atom. The van der Waals surface area contributed by atoms with E-state index in [-0.39, 0.29) is 5.60 Å². The molecule has 0 aliphatic carbocycles. The van der Waals surface area contributed by atoms with Crippen molar-refractivity contribution in [3.05, 3.63) is 48.6 Å². The van der Waals surface area contributed by atoms with Gasteiger partial charge in [-0.15, -0.1) is 6.58 Å². The van der Waals surface area contributed by atoms with Gasteiger partial charge in [-0.25, -0.2) is 0 Å². The Balaban J connectivity index is 2.85. The second-order valence-electron chi connectivity index (χ2n) is 3.64. The molecular formula is C13H18O2. The highest BCUT2D eigenvalue weighted by Crippen LogP contribution is 2.29. The fourth-order valence-corrected chi connectivity index (χ4v) is 1.52. The van der Waals surface area contributed by atoms with Crippen molar-refractivity contribution in [2.75, 3.05) is 13.9 Å². The van der Waals surface area contributed by atoms with Crippen LogP contribution in [-0.2, 0) is 15.1 Å². The number of rotatable bonds is 6. The highest BCUT2D eigenvalue weighted by Gasteiger charge is 2.25. The molecule has 0 aliphatic heterocycles. The van der Waals surface area contributed by atoms with Crippen LogP contribution in [0.4, 0.5) is 0 Å². The van der Waals surface area contributed by atoms with E-state index >= 15 is 0 Å². The molecule has 0 saturated heterocycles. The molecule has 1 atom stereocenters. The maximum Gasteiger partial charge on any atom is 0.147 e. The second-order valence-corrected chi connectivity index (χ2v) is 3.64. The Morgan fingerprint density at radius 2 is 2.00 bits per heavy atom. The van der Waals surface area contributed by atoms with Crippen LogP contribution in [0, 0.1) is 0 Å². The summed E-state index contributed by atoms with van der Waals surface area (Å²) in [5, 5.41) is 0. The molecule has 1 unspecified atom stereocenters. The lowest BCUT2D eigenvalue weighted by atomic mass is 9.92. The highest BCUT2D eigenvalue weighted by atomic mass is 16.7. The fraction of sp³-hybridized carbons (Fsp3) is 0.385. The van der Waals surface area contributed by atoms with Crippen LogP contribution in [0.25, 0.3) is 0 Å². The van der Waals surface area contributed by atoms with E-state index in [4.69, 9.17) is 9.47 Å². The molecule has 0 fully saturated rings. The first-order chi connectivity index (χ1) is 7.23. The normalized spacial score (nSPS) is 14.5. The molecule has 2 nitrogen and oxygen atoms in total. The van der Waals surface area contributed by atoms with Crippen LogP contribution >= 0.6 is 0 Å². The molecule has 0 bridgehead atoms. The Kier molecular flexibility index (Phi) is 4.53. The number of hydrogen-bond donors (Lipinski definition) is 0. The average Bonchev–Trinajstić information content (AvgIpc) is 2.28. The van der Waals surface area contributed by atoms with Crippen LogP contribution in [0.3, 0.4) is 0 Å². The molecular weight excluding hydrogens is 188 g/mol. The second kappa shape index (κ2) is 5.69. The van der Waals surface area contributed by atoms with Crippen molar-refractivity contribution in [2.24, 2.45) is 0 Å². The lowest BCUT2D eigenvalue weighted by Crippen LogP contribution is -2.26. The van der Waals surface area contributed by atoms with Crippen molar-refractivity contribution in [1.82, 2.24) is 0 Å². The van der Waals surface area contributed by atoms with Gasteiger partial charge in [-0.2, -0.15) is 0 Å². The summed E-state index contributed by atoms with van der Waals surface area (Å²) < 4.78 is 10.7. The standard InChI is InChI=1S/C13H18O2/c1-4-10-13(2,15-11-14-3)12-8-6-5-7-9-12/h4-9H,1,10-11H2,2-3H3. The summed E-state index contributed by atoms with van der Waals surface area (Å²) in [7, 11) is 1.62. The van der Waals surface area contributed by atoms with Gasteiger partial charge in [-0.3, -0.25) is 0 Å². The summed E-state index contributed by atoms with van der Waals surface area (Å²) >= 11 is 0. The summed E-state index contributed by atoms with van der Waals surface area (Å²) in [4.78, 5) is 0. The van der Waals surface area contributed by atoms with E-state index in [0.717, 1.165) is 12.0 Å². The van der Waals surface area contributed by atoms with E-state index in [1.54, 1.807) is 7.11 Å². The predicted molar refractivity (Wildman–Crippen MR) is 61.6 cm³/mol. The first-order valence-corrected chi connectivity index (χ1v) is 5.02. The van der Waals surface area contributed by atoms with Crippen molar-refractivity contribution in [3.8, 4) is 0 Å². The Morgan fingerprint density at radius 3 is 2.53 bits per heavy atom. The largest absolute Gasteiger partial charge is 0.359 e. The summed E-state index contributed by atoms with van der Waals surface area (Å²) in [6, 6.07) is 10.1. The summed E-state index contributed by atoms with van der Waals surface area (Å²) in [6.07, 6.45) is 2.63. The molecule has 1 aromatic carbocycles. The molecule has 0 N–H and O–H groups in total. The lowest BCUT2D eigenvalue weighted by molar-refractivity contribution is -0.125. The third-order valence-electron chi connectivity index (χ3n) is 2.41. The smallest absolute Gasteiger partial charge is 0.147 e. The van der Waals surface area contributed by atoms with Crippen LogP contribution in [0.15, 0.2) is 43.0 Å². The van der Waals surface area contributed by atoms with E-state index < -0.39 is 0 Å². The van der Waals surface area contributed by atoms with E-state index in [1.807, 2.05) is 31.2 Å². The third-order valence-corrected chi connectivity index (χ3v) is 2.41. The van der Waals surface area contributed by atoms with Gasteiger partial charge in [-0.05, 0) is 18.9 Å². The topological polar surface area (TPSA) is 18.5 Å². The zero-order valence-electron chi connectivity index (χ0n) is 9.40. The maximum absolute atomic E-state index is 5.71. The minimum Gasteiger partial charge on any atom is -0.359 e. The van der Waals surface area contributed by atoms with Crippen molar-refractivity contribution < 1.29 is 9.47 Å². The quantitative estimate of drug-likeness (QED) is 0.526. The summed E-state index contributed by atoms with van der Waals surface area (Å²) in [6.45, 7) is 6.09. The van der Waals surface area contributed by atoms with Gasteiger partial charge in [0.25, 0.3) is 0 Å². The summed E-state index contributed by atoms with van der Waals surface area (Å²) in [5.74, 6) is 0. The molecule has 0 heterocycles. The molecule has 82 valence electrons. The van der Waals surface area contributed by atoms with Crippen LogP contribution in [0.2, 0.25) is 0 Å².